The Morgan fingerprint density at radius 2 is 2.00 bits per heavy atom. The molecule has 1 saturated heterocycles. The molecule has 90 valence electrons. The minimum atomic E-state index is 0.846. The quantitative estimate of drug-likeness (QED) is 0.712. The third kappa shape index (κ3) is 5.32. The molecule has 2 nitrogen and oxygen atoms in total. The molecule has 1 aliphatic heterocycles. The smallest absolute Gasteiger partial charge is 0.0109 e. The van der Waals surface area contributed by atoms with Crippen molar-refractivity contribution in [2.75, 3.05) is 45.1 Å². The Kier molecular flexibility index (Phi) is 6.86. The maximum atomic E-state index is 3.64. The number of alkyl halides is 1. The van der Waals surface area contributed by atoms with E-state index in [0.717, 1.165) is 11.2 Å². The predicted octanol–water partition coefficient (Wildman–Crippen LogP) is 2.44. The van der Waals surface area contributed by atoms with Crippen molar-refractivity contribution in [3.63, 3.8) is 0 Å². The molecule has 0 saturated carbocycles. The van der Waals surface area contributed by atoms with Gasteiger partial charge in [-0.25, -0.2) is 0 Å². The zero-order chi connectivity index (χ0) is 11.1. The van der Waals surface area contributed by atoms with Gasteiger partial charge in [-0.05, 0) is 38.9 Å². The molecule has 0 N–H and O–H groups in total. The summed E-state index contributed by atoms with van der Waals surface area (Å²) in [4.78, 5) is 5.09. The van der Waals surface area contributed by atoms with Gasteiger partial charge in [0.05, 0.1) is 0 Å². The van der Waals surface area contributed by atoms with E-state index in [1.807, 2.05) is 0 Å². The molecular weight excluding hydrogens is 252 g/mol. The van der Waals surface area contributed by atoms with Crippen LogP contribution in [0.25, 0.3) is 0 Å². The van der Waals surface area contributed by atoms with Gasteiger partial charge < -0.3 is 9.80 Å². The van der Waals surface area contributed by atoms with Crippen molar-refractivity contribution < 1.29 is 0 Å². The molecule has 0 aliphatic carbocycles. The highest BCUT2D eigenvalue weighted by Crippen LogP contribution is 2.13. The van der Waals surface area contributed by atoms with Crippen molar-refractivity contribution in [1.82, 2.24) is 9.80 Å². The van der Waals surface area contributed by atoms with Gasteiger partial charge in [-0.3, -0.25) is 0 Å². The molecule has 0 amide bonds. The van der Waals surface area contributed by atoms with Crippen LogP contribution in [0.1, 0.15) is 26.2 Å². The molecular formula is C12H25BrN2. The third-order valence-corrected chi connectivity index (χ3v) is 4.16. The van der Waals surface area contributed by atoms with Crippen molar-refractivity contribution in [3.8, 4) is 0 Å². The normalized spacial score (nSPS) is 22.6. The lowest BCUT2D eigenvalue weighted by atomic mass is 10.1. The molecule has 1 heterocycles. The van der Waals surface area contributed by atoms with Crippen LogP contribution < -0.4 is 0 Å². The van der Waals surface area contributed by atoms with Gasteiger partial charge in [-0.2, -0.15) is 0 Å². The van der Waals surface area contributed by atoms with Crippen LogP contribution in [0.15, 0.2) is 0 Å². The molecule has 0 aromatic carbocycles. The number of hydrogen-bond acceptors (Lipinski definition) is 2. The van der Waals surface area contributed by atoms with Crippen LogP contribution in [-0.2, 0) is 0 Å². The number of halogens is 1. The van der Waals surface area contributed by atoms with E-state index in [4.69, 9.17) is 0 Å². The number of hydrogen-bond donors (Lipinski definition) is 0. The average molecular weight is 277 g/mol. The van der Waals surface area contributed by atoms with Gasteiger partial charge in [-0.15, -0.1) is 0 Å². The summed E-state index contributed by atoms with van der Waals surface area (Å²) in [6.45, 7) is 8.62. The van der Waals surface area contributed by atoms with Crippen LogP contribution in [-0.4, -0.2) is 54.9 Å². The first-order chi connectivity index (χ1) is 7.26. The fourth-order valence-electron chi connectivity index (χ4n) is 2.27. The summed E-state index contributed by atoms with van der Waals surface area (Å²) in [5.74, 6) is 0.846. The molecule has 15 heavy (non-hydrogen) atoms. The van der Waals surface area contributed by atoms with Crippen molar-refractivity contribution in [2.45, 2.75) is 26.2 Å². The van der Waals surface area contributed by atoms with Gasteiger partial charge in [0.25, 0.3) is 0 Å². The van der Waals surface area contributed by atoms with Gasteiger partial charge in [0, 0.05) is 25.0 Å². The van der Waals surface area contributed by atoms with Crippen molar-refractivity contribution in [1.29, 1.82) is 0 Å². The first kappa shape index (κ1) is 13.5. The fourth-order valence-corrected chi connectivity index (χ4v) is 2.80. The minimum absolute atomic E-state index is 0.846. The topological polar surface area (TPSA) is 6.48 Å². The molecule has 1 rings (SSSR count). The van der Waals surface area contributed by atoms with Crippen LogP contribution in [0.4, 0.5) is 0 Å². The zero-order valence-corrected chi connectivity index (χ0v) is 11.8. The first-order valence-corrected chi connectivity index (χ1v) is 7.35. The molecule has 0 radical (unpaired) electrons. The Morgan fingerprint density at radius 1 is 1.20 bits per heavy atom. The van der Waals surface area contributed by atoms with E-state index in [2.05, 4.69) is 39.7 Å². The molecule has 1 aliphatic rings. The van der Waals surface area contributed by atoms with Crippen LogP contribution >= 0.6 is 15.9 Å². The van der Waals surface area contributed by atoms with Crippen LogP contribution in [0.2, 0.25) is 0 Å². The summed E-state index contributed by atoms with van der Waals surface area (Å²) in [7, 11) is 2.23. The zero-order valence-electron chi connectivity index (χ0n) is 10.2. The lowest BCUT2D eigenvalue weighted by Gasteiger charge is -2.24. The lowest BCUT2D eigenvalue weighted by Crippen LogP contribution is -2.33. The largest absolute Gasteiger partial charge is 0.305 e. The van der Waals surface area contributed by atoms with Crippen molar-refractivity contribution in [2.24, 2.45) is 5.92 Å². The summed E-state index contributed by atoms with van der Waals surface area (Å²) in [5.41, 5.74) is 0. The molecule has 0 spiro atoms. The summed E-state index contributed by atoms with van der Waals surface area (Å²) < 4.78 is 0. The molecule has 1 atom stereocenters. The lowest BCUT2D eigenvalue weighted by molar-refractivity contribution is 0.239. The summed E-state index contributed by atoms with van der Waals surface area (Å²) in [6, 6.07) is 0. The maximum Gasteiger partial charge on any atom is 0.0109 e. The van der Waals surface area contributed by atoms with Gasteiger partial charge >= 0.3 is 0 Å². The third-order valence-electron chi connectivity index (χ3n) is 3.24. The monoisotopic (exact) mass is 276 g/mol. The molecule has 0 aromatic rings. The second-order valence-corrected chi connectivity index (χ2v) is 5.41. The second-order valence-electron chi connectivity index (χ2n) is 4.77. The van der Waals surface area contributed by atoms with E-state index in [9.17, 15) is 0 Å². The van der Waals surface area contributed by atoms with Crippen LogP contribution in [0, 0.1) is 5.92 Å². The van der Waals surface area contributed by atoms with Crippen molar-refractivity contribution in [3.05, 3.63) is 0 Å². The highest BCUT2D eigenvalue weighted by atomic mass is 79.9. The van der Waals surface area contributed by atoms with Crippen LogP contribution in [0.3, 0.4) is 0 Å². The standard InChI is InChI=1S/C12H25BrN2/c1-3-5-12(10-13)11-15-7-4-6-14(2)8-9-15/h12H,3-11H2,1-2H3. The highest BCUT2D eigenvalue weighted by Gasteiger charge is 2.15. The van der Waals surface area contributed by atoms with E-state index < -0.39 is 0 Å². The molecule has 1 fully saturated rings. The Morgan fingerprint density at radius 3 is 2.67 bits per heavy atom. The molecule has 0 aromatic heterocycles. The van der Waals surface area contributed by atoms with Gasteiger partial charge in [0.15, 0.2) is 0 Å². The van der Waals surface area contributed by atoms with Crippen LogP contribution in [0.5, 0.6) is 0 Å². The van der Waals surface area contributed by atoms with E-state index >= 15 is 0 Å². The molecule has 1 unspecified atom stereocenters. The summed E-state index contributed by atoms with van der Waals surface area (Å²) >= 11 is 3.64. The second kappa shape index (κ2) is 7.64. The number of rotatable bonds is 5. The van der Waals surface area contributed by atoms with Gasteiger partial charge in [0.2, 0.25) is 0 Å². The Hall–Kier alpha value is 0.400. The Balaban J connectivity index is 2.29. The molecule has 3 heteroatoms. The Labute approximate surface area is 103 Å². The average Bonchev–Trinajstić information content (AvgIpc) is 2.43. The van der Waals surface area contributed by atoms with E-state index in [0.29, 0.717) is 0 Å². The summed E-state index contributed by atoms with van der Waals surface area (Å²) in [6.07, 6.45) is 4.00. The maximum absolute atomic E-state index is 3.64. The van der Waals surface area contributed by atoms with E-state index in [1.54, 1.807) is 0 Å². The van der Waals surface area contributed by atoms with Gasteiger partial charge in [0.1, 0.15) is 0 Å². The van der Waals surface area contributed by atoms with E-state index in [1.165, 1.54) is 52.0 Å². The highest BCUT2D eigenvalue weighted by molar-refractivity contribution is 9.09. The molecule has 0 bridgehead atoms. The predicted molar refractivity (Wildman–Crippen MR) is 70.7 cm³/mol. The fraction of sp³-hybridized carbons (Fsp3) is 1.00. The number of likely N-dealkylation sites (N-methyl/N-ethyl adjacent to an activating group) is 1. The van der Waals surface area contributed by atoms with Gasteiger partial charge in [-0.1, -0.05) is 29.3 Å². The first-order valence-electron chi connectivity index (χ1n) is 6.23. The Bertz CT molecular complexity index is 164. The van der Waals surface area contributed by atoms with Crippen molar-refractivity contribution >= 4 is 15.9 Å². The minimum Gasteiger partial charge on any atom is -0.305 e. The number of nitrogens with zero attached hydrogens (tertiary/aromatic N) is 2. The summed E-state index contributed by atoms with van der Waals surface area (Å²) in [5, 5.41) is 1.16. The SMILES string of the molecule is CCCC(CBr)CN1CCCN(C)CC1. The van der Waals surface area contributed by atoms with E-state index in [-0.39, 0.29) is 0 Å².